The fraction of sp³-hybridized carbons (Fsp3) is 0. The Morgan fingerprint density at radius 1 is 0.826 bits per heavy atom. The van der Waals surface area contributed by atoms with Crippen molar-refractivity contribution in [1.29, 1.82) is 0 Å². The van der Waals surface area contributed by atoms with Gasteiger partial charge in [-0.25, -0.2) is 10.5 Å². The lowest BCUT2D eigenvalue weighted by Gasteiger charge is -2.11. The summed E-state index contributed by atoms with van der Waals surface area (Å²) in [7, 11) is -4.80. The van der Waals surface area contributed by atoms with Gasteiger partial charge in [0.25, 0.3) is 10.1 Å². The number of benzene rings is 4. The molecule has 1 aromatic heterocycles. The van der Waals surface area contributed by atoms with Crippen molar-refractivity contribution in [3.63, 3.8) is 0 Å². The number of nitrogens with one attached hydrogen (secondary N) is 2. The number of azo groups is 1. The second kappa shape index (κ2) is 14.7. The maximum Gasteiger partial charge on any atom is 0.315 e. The fourth-order valence-corrected chi connectivity index (χ4v) is 5.52. The highest BCUT2D eigenvalue weighted by Gasteiger charge is 2.19. The number of nitrogens with zero attached hydrogens (tertiary/aromatic N) is 5. The van der Waals surface area contributed by atoms with Crippen molar-refractivity contribution < 1.29 is 46.6 Å². The first kappa shape index (κ1) is 32.8. The van der Waals surface area contributed by atoms with E-state index >= 15 is 0 Å². The number of fused-ring (bicyclic) bond motifs is 1. The molecule has 0 radical (unpaired) electrons. The lowest BCUT2D eigenvalue weighted by Crippen LogP contribution is -2.07. The molecule has 5 aromatic rings. The minimum absolute atomic E-state index is 0.0325. The predicted molar refractivity (Wildman–Crippen MR) is 163 cm³/mol. The van der Waals surface area contributed by atoms with Gasteiger partial charge in [0.05, 0.1) is 45.3 Å². The molecule has 0 aliphatic rings. The van der Waals surface area contributed by atoms with Crippen LogP contribution in [0.3, 0.4) is 0 Å². The maximum absolute atomic E-state index is 14.4. The molecule has 0 fully saturated rings. The molecule has 21 heteroatoms. The fourth-order valence-electron chi connectivity index (χ4n) is 3.96. The highest BCUT2D eigenvalue weighted by Crippen LogP contribution is 2.42. The number of hydrogen-bond donors (Lipinski definition) is 6. The van der Waals surface area contributed by atoms with Crippen LogP contribution in [0.5, 0.6) is 0 Å². The van der Waals surface area contributed by atoms with Crippen LogP contribution in [0.1, 0.15) is 0 Å². The molecule has 1 heterocycles. The lowest BCUT2D eigenvalue weighted by molar-refractivity contribution is -0.432. The molecule has 238 valence electrons. The molecule has 5 rings (SSSR count). The number of aromatic nitrogens is 3. The van der Waals surface area contributed by atoms with Crippen molar-refractivity contribution in [2.75, 3.05) is 16.4 Å². The molecule has 7 N–H and O–H groups in total. The molecule has 0 bridgehead atoms. The van der Waals surface area contributed by atoms with E-state index in [9.17, 15) is 17.4 Å². The number of rotatable bonds is 13. The predicted octanol–water partition coefficient (Wildman–Crippen LogP) is 6.75. The zero-order valence-electron chi connectivity index (χ0n) is 22.6. The van der Waals surface area contributed by atoms with Crippen molar-refractivity contribution in [1.82, 2.24) is 15.0 Å². The van der Waals surface area contributed by atoms with Gasteiger partial charge in [0, 0.05) is 11.1 Å². The van der Waals surface area contributed by atoms with Crippen molar-refractivity contribution in [3.8, 4) is 0 Å². The Hall–Kier alpha value is -4.55. The monoisotopic (exact) mass is 690 g/mol. The largest absolute Gasteiger partial charge is 0.396 e. The third-order valence-corrected chi connectivity index (χ3v) is 8.01. The Morgan fingerprint density at radius 2 is 1.50 bits per heavy atom. The number of halogens is 1. The van der Waals surface area contributed by atoms with Crippen LogP contribution in [-0.2, 0) is 28.9 Å². The molecule has 0 atom stereocenters. The van der Waals surface area contributed by atoms with Crippen LogP contribution in [0.4, 0.5) is 44.7 Å². The number of anilines is 5. The highest BCUT2D eigenvalue weighted by molar-refractivity contribution is 7.95. The van der Waals surface area contributed by atoms with Gasteiger partial charge in [-0.2, -0.15) is 27.8 Å². The van der Waals surface area contributed by atoms with Gasteiger partial charge in [-0.15, -0.1) is 18.9 Å². The smallest absolute Gasteiger partial charge is 0.315 e. The van der Waals surface area contributed by atoms with E-state index in [4.69, 9.17) is 16.2 Å². The Balaban J connectivity index is 1.49. The minimum Gasteiger partial charge on any atom is -0.396 e. The molecular weight excluding hydrogens is 672 g/mol. The van der Waals surface area contributed by atoms with Crippen LogP contribution >= 0.6 is 24.1 Å². The second-order valence-electron chi connectivity index (χ2n) is 8.67. The molecule has 0 aliphatic carbocycles. The third-order valence-electron chi connectivity index (χ3n) is 5.83. The van der Waals surface area contributed by atoms with Gasteiger partial charge in [0.2, 0.25) is 11.9 Å². The lowest BCUT2D eigenvalue weighted by atomic mass is 10.1. The summed E-state index contributed by atoms with van der Waals surface area (Å²) >= 11 is 1.21. The molecule has 17 nitrogen and oxygen atoms in total. The van der Waals surface area contributed by atoms with Crippen LogP contribution in [0.2, 0.25) is 0 Å². The summed E-state index contributed by atoms with van der Waals surface area (Å²) < 4.78 is 57.6. The van der Waals surface area contributed by atoms with Crippen LogP contribution in [-0.4, -0.2) is 38.4 Å². The van der Waals surface area contributed by atoms with Gasteiger partial charge in [0.1, 0.15) is 16.3 Å². The van der Waals surface area contributed by atoms with Gasteiger partial charge in [0.15, 0.2) is 0 Å². The minimum atomic E-state index is -4.80. The third kappa shape index (κ3) is 7.99. The van der Waals surface area contributed by atoms with Crippen molar-refractivity contribution in [3.05, 3.63) is 78.9 Å². The van der Waals surface area contributed by atoms with Crippen molar-refractivity contribution in [2.45, 2.75) is 14.7 Å². The summed E-state index contributed by atoms with van der Waals surface area (Å²) in [5, 5.41) is 39.3. The molecular formula is C25H19FN8O9S3. The summed E-state index contributed by atoms with van der Waals surface area (Å²) in [6.45, 7) is 0. The summed E-state index contributed by atoms with van der Waals surface area (Å²) in [4.78, 5) is 11.4. The highest BCUT2D eigenvalue weighted by atomic mass is 32.2. The Morgan fingerprint density at radius 3 is 2.24 bits per heavy atom. The van der Waals surface area contributed by atoms with Crippen LogP contribution in [0.25, 0.3) is 10.8 Å². The molecule has 4 aromatic carbocycles. The second-order valence-corrected chi connectivity index (χ2v) is 11.5. The number of hydrogen-bond acceptors (Lipinski definition) is 18. The number of nitrogen functional groups attached to an aromatic ring is 1. The van der Waals surface area contributed by atoms with Crippen molar-refractivity contribution >= 4 is 85.3 Å². The standard InChI is InChI=1S/C25H19FN8O9S3/c26-23-30-24(32-25(31-23)29-16-7-3-4-8-18(16)44-42-40-35)28-14-9-10-20(46(37,38)39)17(12-14)33-34-22-19(45-43-41-36)11-13-5-1-2-6-15(13)21(22)27/h1-12,35-36H,27H2,(H,37,38,39)(H2,28,29,30,31,32)/b34-33+. The van der Waals surface area contributed by atoms with E-state index in [1.54, 1.807) is 54.6 Å². The van der Waals surface area contributed by atoms with Gasteiger partial charge >= 0.3 is 6.08 Å². The normalized spacial score (nSPS) is 11.7. The van der Waals surface area contributed by atoms with E-state index in [-0.39, 0.29) is 39.5 Å². The first-order chi connectivity index (χ1) is 22.2. The van der Waals surface area contributed by atoms with Crippen molar-refractivity contribution in [2.24, 2.45) is 10.2 Å². The average molecular weight is 691 g/mol. The van der Waals surface area contributed by atoms with Gasteiger partial charge in [-0.05, 0) is 41.8 Å². The van der Waals surface area contributed by atoms with E-state index in [0.29, 0.717) is 45.4 Å². The Kier molecular flexibility index (Phi) is 10.5. The molecule has 0 saturated carbocycles. The van der Waals surface area contributed by atoms with E-state index < -0.39 is 21.1 Å². The van der Waals surface area contributed by atoms with Gasteiger partial charge < -0.3 is 16.4 Å². The molecule has 0 spiro atoms. The zero-order valence-corrected chi connectivity index (χ0v) is 25.1. The SMILES string of the molecule is Nc1c(/N=N/c2cc(Nc3nc(F)nc(Nc4ccccc4SOOO)n3)ccc2S(=O)(=O)O)c(SOOO)cc2ccccc12. The summed E-state index contributed by atoms with van der Waals surface area (Å²) in [6, 6.07) is 18.6. The molecule has 0 amide bonds. The van der Waals surface area contributed by atoms with Crippen LogP contribution in [0.15, 0.2) is 97.7 Å². The summed E-state index contributed by atoms with van der Waals surface area (Å²) in [6.07, 6.45) is -1.17. The molecule has 46 heavy (non-hydrogen) atoms. The van der Waals surface area contributed by atoms with E-state index in [1.165, 1.54) is 12.1 Å². The summed E-state index contributed by atoms with van der Waals surface area (Å²) in [5.41, 5.74) is 6.64. The first-order valence-corrected chi connectivity index (χ1v) is 15.3. The van der Waals surface area contributed by atoms with Gasteiger partial charge in [-0.1, -0.05) is 46.5 Å². The van der Waals surface area contributed by atoms with E-state index in [1.807, 2.05) is 0 Å². The summed E-state index contributed by atoms with van der Waals surface area (Å²) in [5.74, 6) is -0.524. The number of nitrogens with two attached hydrogens (primary N) is 1. The molecule has 0 aliphatic heterocycles. The Bertz CT molecular complexity index is 2030. The topological polar surface area (TPSA) is 245 Å². The van der Waals surface area contributed by atoms with Crippen LogP contribution in [0, 0.1) is 6.08 Å². The Labute approximate surface area is 266 Å². The molecule has 0 saturated heterocycles. The van der Waals surface area contributed by atoms with Crippen LogP contribution < -0.4 is 16.4 Å². The molecule has 0 unspecified atom stereocenters. The van der Waals surface area contributed by atoms with Gasteiger partial charge in [-0.3, -0.25) is 4.55 Å². The average Bonchev–Trinajstić information content (AvgIpc) is 3.02. The quantitative estimate of drug-likeness (QED) is 0.0187. The van der Waals surface area contributed by atoms with E-state index in [2.05, 4.69) is 54.6 Å². The van der Waals surface area contributed by atoms with E-state index in [0.717, 1.165) is 6.07 Å². The number of para-hydroxylation sites is 1. The first-order valence-electron chi connectivity index (χ1n) is 12.3. The zero-order chi connectivity index (χ0) is 32.7. The maximum atomic E-state index is 14.4.